The number of aliphatic imine (C=N–C) groups is 1. The number of benzene rings is 1. The number of fused-ring (bicyclic) bond motifs is 1. The summed E-state index contributed by atoms with van der Waals surface area (Å²) in [6, 6.07) is 10.7. The van der Waals surface area contributed by atoms with E-state index >= 15 is 0 Å². The minimum atomic E-state index is -0.500. The second-order valence-corrected chi connectivity index (χ2v) is 8.70. The molecule has 1 amide bonds. The van der Waals surface area contributed by atoms with Crippen LogP contribution >= 0.6 is 11.8 Å². The minimum absolute atomic E-state index is 0.0936. The molecular weight excluding hydrogens is 464 g/mol. The summed E-state index contributed by atoms with van der Waals surface area (Å²) in [5.41, 5.74) is 3.57. The van der Waals surface area contributed by atoms with Crippen molar-refractivity contribution in [2.24, 2.45) is 4.99 Å². The number of aromatic nitrogens is 1. The Balaban J connectivity index is 1.61. The highest BCUT2D eigenvalue weighted by Crippen LogP contribution is 2.45. The van der Waals surface area contributed by atoms with Gasteiger partial charge in [-0.3, -0.25) is 9.78 Å². The third-order valence-electron chi connectivity index (χ3n) is 5.57. The third-order valence-corrected chi connectivity index (χ3v) is 6.45. The van der Waals surface area contributed by atoms with Crippen LogP contribution in [0.2, 0.25) is 0 Å². The predicted octanol–water partition coefficient (Wildman–Crippen LogP) is 4.10. The Bertz CT molecular complexity index is 1210. The topological polar surface area (TPSA) is 93.1 Å². The fourth-order valence-corrected chi connectivity index (χ4v) is 4.84. The van der Waals surface area contributed by atoms with E-state index < -0.39 is 12.0 Å². The van der Waals surface area contributed by atoms with Gasteiger partial charge in [-0.2, -0.15) is 0 Å². The van der Waals surface area contributed by atoms with Crippen LogP contribution in [0.25, 0.3) is 0 Å². The van der Waals surface area contributed by atoms with Crippen molar-refractivity contribution in [3.05, 3.63) is 94.9 Å². The summed E-state index contributed by atoms with van der Waals surface area (Å²) in [6.07, 6.45) is 5.04. The lowest BCUT2D eigenvalue weighted by molar-refractivity contribution is -0.138. The Hall–Kier alpha value is -3.85. The van der Waals surface area contributed by atoms with Crippen LogP contribution in [-0.4, -0.2) is 40.6 Å². The summed E-state index contributed by atoms with van der Waals surface area (Å²) in [5, 5.41) is 5.57. The van der Waals surface area contributed by atoms with Crippen molar-refractivity contribution in [2.75, 3.05) is 13.7 Å². The van der Waals surface area contributed by atoms with Gasteiger partial charge < -0.3 is 19.7 Å². The number of rotatable bonds is 9. The minimum Gasteiger partial charge on any atom is -0.497 e. The van der Waals surface area contributed by atoms with Crippen LogP contribution < -0.4 is 10.1 Å². The quantitative estimate of drug-likeness (QED) is 0.418. The smallest absolute Gasteiger partial charge is 0.338 e. The first-order chi connectivity index (χ1) is 17.0. The van der Waals surface area contributed by atoms with Crippen molar-refractivity contribution < 1.29 is 19.1 Å². The van der Waals surface area contributed by atoms with E-state index in [0.29, 0.717) is 28.7 Å². The van der Waals surface area contributed by atoms with Gasteiger partial charge in [-0.05, 0) is 47.7 Å². The second-order valence-electron chi connectivity index (χ2n) is 7.86. The van der Waals surface area contributed by atoms with Crippen LogP contribution in [-0.2, 0) is 20.9 Å². The number of amidine groups is 1. The average Bonchev–Trinajstić information content (AvgIpc) is 3.27. The number of amides is 1. The Labute approximate surface area is 208 Å². The number of allylic oxidation sites excluding steroid dienone is 1. The maximum atomic E-state index is 13.1. The zero-order valence-electron chi connectivity index (χ0n) is 19.6. The molecule has 3 heterocycles. The Kier molecular flexibility index (Phi) is 7.67. The van der Waals surface area contributed by atoms with Gasteiger partial charge in [0.05, 0.1) is 30.8 Å². The number of methoxy groups -OCH3 is 1. The summed E-state index contributed by atoms with van der Waals surface area (Å²) >= 11 is 1.43. The number of nitrogens with one attached hydrogen (secondary N) is 1. The number of hydrogen-bond donors (Lipinski definition) is 1. The van der Waals surface area contributed by atoms with Crippen molar-refractivity contribution in [3.63, 3.8) is 0 Å². The van der Waals surface area contributed by atoms with E-state index in [0.717, 1.165) is 16.8 Å². The van der Waals surface area contributed by atoms with Crippen LogP contribution in [0, 0.1) is 0 Å². The van der Waals surface area contributed by atoms with Gasteiger partial charge in [0.2, 0.25) is 5.91 Å². The zero-order chi connectivity index (χ0) is 24.8. The van der Waals surface area contributed by atoms with Gasteiger partial charge in [0, 0.05) is 24.6 Å². The highest BCUT2D eigenvalue weighted by molar-refractivity contribution is 8.16. The van der Waals surface area contributed by atoms with E-state index in [-0.39, 0.29) is 18.9 Å². The largest absolute Gasteiger partial charge is 0.497 e. The molecule has 0 spiro atoms. The molecule has 0 fully saturated rings. The first-order valence-corrected chi connectivity index (χ1v) is 11.9. The number of hydrogen-bond acceptors (Lipinski definition) is 8. The molecule has 0 saturated heterocycles. The summed E-state index contributed by atoms with van der Waals surface area (Å²) in [5.74, 6) is 0.104. The molecule has 1 unspecified atom stereocenters. The molecule has 8 nitrogen and oxygen atoms in total. The van der Waals surface area contributed by atoms with Gasteiger partial charge in [-0.1, -0.05) is 36.5 Å². The highest BCUT2D eigenvalue weighted by atomic mass is 32.2. The maximum absolute atomic E-state index is 13.1. The highest BCUT2D eigenvalue weighted by Gasteiger charge is 2.41. The molecule has 1 aromatic carbocycles. The first-order valence-electron chi connectivity index (χ1n) is 11.0. The SMILES string of the molecule is C=CCOC(=O)C1=C(C)N=C2SC=C(CC(=O)NCc3ccncc3)N2C1c1ccc(OC)cc1. The zero-order valence-corrected chi connectivity index (χ0v) is 20.4. The molecule has 1 atom stereocenters. The van der Waals surface area contributed by atoms with Gasteiger partial charge in [-0.25, -0.2) is 9.79 Å². The number of thioether (sulfide) groups is 1. The van der Waals surface area contributed by atoms with E-state index in [4.69, 9.17) is 9.47 Å². The number of esters is 1. The molecule has 0 bridgehead atoms. The molecule has 0 radical (unpaired) electrons. The van der Waals surface area contributed by atoms with Crippen LogP contribution in [0.1, 0.15) is 30.5 Å². The molecule has 0 saturated carbocycles. The summed E-state index contributed by atoms with van der Waals surface area (Å²) < 4.78 is 10.7. The van der Waals surface area contributed by atoms with Crippen molar-refractivity contribution in [2.45, 2.75) is 25.9 Å². The molecule has 4 rings (SSSR count). The van der Waals surface area contributed by atoms with Crippen LogP contribution in [0.3, 0.4) is 0 Å². The van der Waals surface area contributed by atoms with E-state index in [1.54, 1.807) is 26.4 Å². The van der Waals surface area contributed by atoms with E-state index in [2.05, 4.69) is 21.9 Å². The fraction of sp³-hybridized carbons (Fsp3) is 0.231. The molecular formula is C26H26N4O4S. The molecule has 9 heteroatoms. The van der Waals surface area contributed by atoms with E-state index in [1.165, 1.54) is 17.8 Å². The van der Waals surface area contributed by atoms with Gasteiger partial charge >= 0.3 is 5.97 Å². The van der Waals surface area contributed by atoms with Crippen LogP contribution in [0.4, 0.5) is 0 Å². The maximum Gasteiger partial charge on any atom is 0.338 e. The van der Waals surface area contributed by atoms with Gasteiger partial charge in [0.25, 0.3) is 0 Å². The Morgan fingerprint density at radius 3 is 2.63 bits per heavy atom. The molecule has 35 heavy (non-hydrogen) atoms. The van der Waals surface area contributed by atoms with Crippen molar-refractivity contribution >= 4 is 28.8 Å². The van der Waals surface area contributed by atoms with Gasteiger partial charge in [-0.15, -0.1) is 0 Å². The average molecular weight is 491 g/mol. The van der Waals surface area contributed by atoms with Crippen LogP contribution in [0.15, 0.2) is 88.8 Å². The molecule has 180 valence electrons. The lowest BCUT2D eigenvalue weighted by Gasteiger charge is -2.36. The van der Waals surface area contributed by atoms with Crippen molar-refractivity contribution in [1.29, 1.82) is 0 Å². The lowest BCUT2D eigenvalue weighted by Crippen LogP contribution is -2.38. The molecule has 0 aliphatic carbocycles. The number of carbonyl (C=O) groups is 2. The molecule has 2 aliphatic rings. The Morgan fingerprint density at radius 2 is 1.94 bits per heavy atom. The number of pyridine rings is 1. The summed E-state index contributed by atoms with van der Waals surface area (Å²) in [7, 11) is 1.60. The number of ether oxygens (including phenoxy) is 2. The molecule has 2 aliphatic heterocycles. The normalized spacial score (nSPS) is 16.7. The van der Waals surface area contributed by atoms with Crippen molar-refractivity contribution in [1.82, 2.24) is 15.2 Å². The standard InChI is InChI=1S/C26H26N4O4S/c1-4-13-34-25(32)23-17(2)29-26-30(24(23)19-5-7-21(33-3)8-6-19)20(16-35-26)14-22(31)28-15-18-9-11-27-12-10-18/h4-12,16,24H,1,13-15H2,2-3H3,(H,28,31). The number of nitrogens with zero attached hydrogens (tertiary/aromatic N) is 3. The predicted molar refractivity (Wildman–Crippen MR) is 135 cm³/mol. The lowest BCUT2D eigenvalue weighted by atomic mass is 9.93. The monoisotopic (exact) mass is 490 g/mol. The van der Waals surface area contributed by atoms with Gasteiger partial charge in [0.15, 0.2) is 5.17 Å². The van der Waals surface area contributed by atoms with Gasteiger partial charge in [0.1, 0.15) is 12.4 Å². The summed E-state index contributed by atoms with van der Waals surface area (Å²) in [6.45, 7) is 5.92. The molecule has 1 N–H and O–H groups in total. The Morgan fingerprint density at radius 1 is 1.20 bits per heavy atom. The van der Waals surface area contributed by atoms with Crippen molar-refractivity contribution in [3.8, 4) is 5.75 Å². The second kappa shape index (κ2) is 11.1. The number of carbonyl (C=O) groups excluding carboxylic acids is 2. The molecule has 2 aromatic rings. The fourth-order valence-electron chi connectivity index (χ4n) is 3.87. The van der Waals surface area contributed by atoms with E-state index in [9.17, 15) is 9.59 Å². The van der Waals surface area contributed by atoms with Crippen LogP contribution in [0.5, 0.6) is 5.75 Å². The first kappa shape index (κ1) is 24.3. The third kappa shape index (κ3) is 5.46. The van der Waals surface area contributed by atoms with E-state index in [1.807, 2.05) is 46.7 Å². The summed E-state index contributed by atoms with van der Waals surface area (Å²) in [4.78, 5) is 36.5. The molecule has 1 aromatic heterocycles.